The molecule has 0 amide bonds. The Labute approximate surface area is 264 Å². The Kier molecular flexibility index (Phi) is 8.95. The fourth-order valence-electron chi connectivity index (χ4n) is 4.81. The van der Waals surface area contributed by atoms with Crippen molar-refractivity contribution < 1.29 is 28.3 Å². The molecule has 0 aliphatic carbocycles. The maximum absolute atomic E-state index is 14.0. The monoisotopic (exact) mass is 657 g/mol. The molecule has 1 aliphatic rings. The number of nitro groups is 1. The highest BCUT2D eigenvalue weighted by Gasteiger charge is 2.34. The lowest BCUT2D eigenvalue weighted by Crippen LogP contribution is -2.39. The molecule has 4 aromatic rings. The normalized spacial score (nSPS) is 14.7. The molecular formula is C30H25Cl2N3O8S. The number of esters is 1. The van der Waals surface area contributed by atoms with Crippen LogP contribution in [0.15, 0.2) is 67.9 Å². The lowest BCUT2D eigenvalue weighted by molar-refractivity contribution is -0.384. The van der Waals surface area contributed by atoms with Crippen molar-refractivity contribution >= 4 is 52.3 Å². The molecule has 0 saturated carbocycles. The number of ether oxygens (including phenoxy) is 3. The summed E-state index contributed by atoms with van der Waals surface area (Å²) in [5, 5.41) is 11.2. The number of methoxy groups -OCH3 is 1. The zero-order valence-corrected chi connectivity index (χ0v) is 26.2. The molecule has 44 heavy (non-hydrogen) atoms. The van der Waals surface area contributed by atoms with Crippen molar-refractivity contribution in [3.8, 4) is 22.8 Å². The largest absolute Gasteiger partial charge is 0.493 e. The summed E-state index contributed by atoms with van der Waals surface area (Å²) in [6.07, 6.45) is 1.55. The summed E-state index contributed by atoms with van der Waals surface area (Å²) >= 11 is 13.5. The zero-order chi connectivity index (χ0) is 31.7. The molecule has 1 aliphatic heterocycles. The van der Waals surface area contributed by atoms with E-state index in [-0.39, 0.29) is 27.9 Å². The van der Waals surface area contributed by atoms with Crippen molar-refractivity contribution in [2.75, 3.05) is 20.3 Å². The zero-order valence-electron chi connectivity index (χ0n) is 23.9. The van der Waals surface area contributed by atoms with Gasteiger partial charge in [0.15, 0.2) is 16.3 Å². The third-order valence-corrected chi connectivity index (χ3v) is 8.32. The van der Waals surface area contributed by atoms with Crippen LogP contribution >= 0.6 is 34.5 Å². The van der Waals surface area contributed by atoms with Gasteiger partial charge in [0, 0.05) is 17.7 Å². The number of benzene rings is 2. The molecule has 0 fully saturated rings. The van der Waals surface area contributed by atoms with Crippen LogP contribution in [-0.4, -0.2) is 35.8 Å². The van der Waals surface area contributed by atoms with Crippen LogP contribution in [0.5, 0.6) is 11.5 Å². The number of thiazole rings is 1. The van der Waals surface area contributed by atoms with E-state index in [1.807, 2.05) is 6.92 Å². The first-order valence-corrected chi connectivity index (χ1v) is 14.9. The molecule has 0 saturated heterocycles. The first kappa shape index (κ1) is 31.0. The van der Waals surface area contributed by atoms with Crippen LogP contribution < -0.4 is 24.4 Å². The van der Waals surface area contributed by atoms with Gasteiger partial charge in [-0.15, -0.1) is 0 Å². The number of hydrogen-bond acceptors (Lipinski definition) is 10. The summed E-state index contributed by atoms with van der Waals surface area (Å²) in [5.74, 6) is 0.990. The van der Waals surface area contributed by atoms with Crippen LogP contribution in [0.2, 0.25) is 10.0 Å². The Bertz CT molecular complexity index is 2010. The van der Waals surface area contributed by atoms with Crippen LogP contribution in [-0.2, 0) is 9.53 Å². The lowest BCUT2D eigenvalue weighted by Gasteiger charge is -2.25. The summed E-state index contributed by atoms with van der Waals surface area (Å²) in [7, 11) is 1.53. The number of carbonyl (C=O) groups excluding carboxylic acids is 1. The Morgan fingerprint density at radius 3 is 2.59 bits per heavy atom. The second kappa shape index (κ2) is 12.7. The average Bonchev–Trinajstić information content (AvgIpc) is 3.57. The van der Waals surface area contributed by atoms with Gasteiger partial charge in [0.2, 0.25) is 0 Å². The Hall–Kier alpha value is -4.39. The molecule has 2 aromatic carbocycles. The lowest BCUT2D eigenvalue weighted by atomic mass is 9.95. The third kappa shape index (κ3) is 5.75. The Morgan fingerprint density at radius 2 is 1.91 bits per heavy atom. The number of furan rings is 1. The molecular weight excluding hydrogens is 633 g/mol. The summed E-state index contributed by atoms with van der Waals surface area (Å²) in [6.45, 7) is 5.76. The number of allylic oxidation sites excluding steroid dienone is 1. The average molecular weight is 659 g/mol. The highest BCUT2D eigenvalue weighted by Crippen LogP contribution is 2.38. The van der Waals surface area contributed by atoms with Gasteiger partial charge in [-0.3, -0.25) is 19.5 Å². The van der Waals surface area contributed by atoms with E-state index in [0.29, 0.717) is 55.8 Å². The van der Waals surface area contributed by atoms with Gasteiger partial charge in [-0.2, -0.15) is 0 Å². The topological polar surface area (TPSA) is 135 Å². The first-order chi connectivity index (χ1) is 21.1. The van der Waals surface area contributed by atoms with E-state index < -0.39 is 22.5 Å². The summed E-state index contributed by atoms with van der Waals surface area (Å²) in [5.41, 5.74) is 0.858. The van der Waals surface area contributed by atoms with E-state index in [0.717, 1.165) is 17.4 Å². The fourth-order valence-corrected chi connectivity index (χ4v) is 6.32. The predicted octanol–water partition coefficient (Wildman–Crippen LogP) is 5.68. The number of nitro benzene ring substituents is 1. The van der Waals surface area contributed by atoms with E-state index in [1.165, 1.54) is 17.7 Å². The van der Waals surface area contributed by atoms with Gasteiger partial charge in [0.1, 0.15) is 16.5 Å². The fraction of sp³-hybridized carbons (Fsp3) is 0.233. The predicted molar refractivity (Wildman–Crippen MR) is 165 cm³/mol. The van der Waals surface area contributed by atoms with E-state index in [2.05, 4.69) is 4.99 Å². The summed E-state index contributed by atoms with van der Waals surface area (Å²) in [6, 6.07) is 10.1. The maximum Gasteiger partial charge on any atom is 0.338 e. The van der Waals surface area contributed by atoms with Crippen LogP contribution in [0.25, 0.3) is 17.4 Å². The SMILES string of the molecule is CCOC(=O)C1=C(C)N=c2s/c(=C/c3ccc(-c4cc(Cl)c([N+](=O)[O-])cc4Cl)o3)c(=O)n2C1c1ccc(OC)c(OCC)c1. The Balaban J connectivity index is 1.64. The van der Waals surface area contributed by atoms with Gasteiger partial charge in [-0.1, -0.05) is 40.6 Å². The van der Waals surface area contributed by atoms with Gasteiger partial charge >= 0.3 is 5.97 Å². The molecule has 0 N–H and O–H groups in total. The standard InChI is InChI=1S/C30H25Cl2N3O8S/c1-5-41-24-11-16(7-9-23(24)40-4)27-26(29(37)42-6-2)15(3)33-30-34(27)28(36)25(44-30)12-17-8-10-22(43-17)18-13-20(32)21(35(38)39)14-19(18)31/h7-14,27H,5-6H2,1-4H3/b25-12+. The number of nitrogens with zero attached hydrogens (tertiary/aromatic N) is 3. The van der Waals surface area contributed by atoms with Crippen molar-refractivity contribution in [1.29, 1.82) is 0 Å². The van der Waals surface area contributed by atoms with E-state index >= 15 is 0 Å². The van der Waals surface area contributed by atoms with Gasteiger partial charge in [0.25, 0.3) is 11.2 Å². The number of aromatic nitrogens is 1. The van der Waals surface area contributed by atoms with Crippen LogP contribution in [0.1, 0.15) is 38.1 Å². The van der Waals surface area contributed by atoms with Gasteiger partial charge < -0.3 is 18.6 Å². The van der Waals surface area contributed by atoms with Gasteiger partial charge in [0.05, 0.1) is 52.1 Å². The van der Waals surface area contributed by atoms with Crippen molar-refractivity contribution in [3.05, 3.63) is 105 Å². The highest BCUT2D eigenvalue weighted by molar-refractivity contribution is 7.07. The molecule has 228 valence electrons. The summed E-state index contributed by atoms with van der Waals surface area (Å²) in [4.78, 5) is 42.7. The number of hydrogen-bond donors (Lipinski definition) is 0. The molecule has 3 heterocycles. The van der Waals surface area contributed by atoms with Crippen molar-refractivity contribution in [2.24, 2.45) is 4.99 Å². The molecule has 2 aromatic heterocycles. The number of carbonyl (C=O) groups is 1. The van der Waals surface area contributed by atoms with Crippen LogP contribution in [0.3, 0.4) is 0 Å². The van der Waals surface area contributed by atoms with E-state index in [1.54, 1.807) is 50.3 Å². The van der Waals surface area contributed by atoms with Crippen molar-refractivity contribution in [2.45, 2.75) is 26.8 Å². The minimum Gasteiger partial charge on any atom is -0.493 e. The van der Waals surface area contributed by atoms with Gasteiger partial charge in [-0.25, -0.2) is 9.79 Å². The molecule has 1 unspecified atom stereocenters. The molecule has 1 atom stereocenters. The molecule has 11 nitrogen and oxygen atoms in total. The molecule has 0 bridgehead atoms. The smallest absolute Gasteiger partial charge is 0.338 e. The highest BCUT2D eigenvalue weighted by atomic mass is 35.5. The molecule has 0 radical (unpaired) electrons. The van der Waals surface area contributed by atoms with E-state index in [9.17, 15) is 19.7 Å². The van der Waals surface area contributed by atoms with Crippen molar-refractivity contribution in [1.82, 2.24) is 4.57 Å². The molecule has 14 heteroatoms. The van der Waals surface area contributed by atoms with Crippen LogP contribution in [0.4, 0.5) is 5.69 Å². The minimum atomic E-state index is -0.856. The van der Waals surface area contributed by atoms with Gasteiger partial charge in [-0.05, 0) is 56.7 Å². The first-order valence-electron chi connectivity index (χ1n) is 13.3. The Morgan fingerprint density at radius 1 is 1.14 bits per heavy atom. The maximum atomic E-state index is 14.0. The van der Waals surface area contributed by atoms with Crippen LogP contribution in [0, 0.1) is 10.1 Å². The number of fused-ring (bicyclic) bond motifs is 1. The summed E-state index contributed by atoms with van der Waals surface area (Å²) < 4.78 is 24.2. The number of rotatable bonds is 9. The second-order valence-corrected chi connectivity index (χ2v) is 11.2. The quantitative estimate of drug-likeness (QED) is 0.127. The molecule has 5 rings (SSSR count). The minimum absolute atomic E-state index is 0.0780. The third-order valence-electron chi connectivity index (χ3n) is 6.72. The van der Waals surface area contributed by atoms with E-state index in [4.69, 9.17) is 41.8 Å². The molecule has 0 spiro atoms. The second-order valence-electron chi connectivity index (χ2n) is 9.39. The van der Waals surface area contributed by atoms with Crippen molar-refractivity contribution in [3.63, 3.8) is 0 Å². The number of halogens is 2.